The molecule has 6 nitrogen and oxygen atoms in total. The van der Waals surface area contributed by atoms with E-state index in [0.29, 0.717) is 5.69 Å². The summed E-state index contributed by atoms with van der Waals surface area (Å²) in [5.74, 6) is 0.219. The number of hydrogen-bond acceptors (Lipinski definition) is 4. The molecule has 0 bridgehead atoms. The highest BCUT2D eigenvalue weighted by atomic mass is 32.2. The van der Waals surface area contributed by atoms with Crippen molar-refractivity contribution in [2.45, 2.75) is 0 Å². The minimum atomic E-state index is -0.462. The van der Waals surface area contributed by atoms with Gasteiger partial charge in [-0.2, -0.15) is 0 Å². The Bertz CT molecular complexity index is 762. The van der Waals surface area contributed by atoms with Crippen LogP contribution in [-0.4, -0.2) is 20.6 Å². The molecule has 0 aliphatic carbocycles. The summed E-state index contributed by atoms with van der Waals surface area (Å²) >= 11 is 1.24. The van der Waals surface area contributed by atoms with Gasteiger partial charge >= 0.3 is 5.69 Å². The largest absolute Gasteiger partial charge is 0.378 e. The highest BCUT2D eigenvalue weighted by molar-refractivity contribution is 8.13. The van der Waals surface area contributed by atoms with Crippen molar-refractivity contribution in [2.24, 2.45) is 17.8 Å². The summed E-state index contributed by atoms with van der Waals surface area (Å²) < 4.78 is 2.38. The van der Waals surface area contributed by atoms with Crippen LogP contribution in [-0.2, 0) is 7.05 Å². The number of benzene rings is 1. The number of para-hydroxylation sites is 1. The Morgan fingerprint density at radius 3 is 2.50 bits per heavy atom. The summed E-state index contributed by atoms with van der Waals surface area (Å²) in [5, 5.41) is 0.280. The first-order valence-electron chi connectivity index (χ1n) is 5.81. The molecule has 2 aromatic rings. The third kappa shape index (κ3) is 2.67. The number of nitrogens with zero attached hydrogens (tertiary/aromatic N) is 3. The van der Waals surface area contributed by atoms with Gasteiger partial charge in [-0.3, -0.25) is 9.36 Å². The topological polar surface area (TPSA) is 82.4 Å². The van der Waals surface area contributed by atoms with Crippen LogP contribution in [0, 0.1) is 0 Å². The fourth-order valence-electron chi connectivity index (χ4n) is 1.67. The summed E-state index contributed by atoms with van der Waals surface area (Å²) in [7, 11) is 1.43. The number of nitrogens with two attached hydrogens (primary N) is 1. The summed E-state index contributed by atoms with van der Waals surface area (Å²) in [6, 6.07) is 10.3. The minimum Gasteiger partial charge on any atom is -0.378 e. The van der Waals surface area contributed by atoms with Crippen molar-refractivity contribution >= 4 is 22.7 Å². The fraction of sp³-hybridized carbons (Fsp3) is 0.154. The summed E-state index contributed by atoms with van der Waals surface area (Å²) in [6.07, 6.45) is 1.77. The van der Waals surface area contributed by atoms with Crippen LogP contribution in [0.1, 0.15) is 0 Å². The van der Waals surface area contributed by atoms with E-state index in [1.54, 1.807) is 30.5 Å². The molecule has 2 N–H and O–H groups in total. The SMILES string of the molecule is CSC(N)=Nc1cc(=O)n(C)c(=O)n1-c1ccccc1. The van der Waals surface area contributed by atoms with Crippen LogP contribution in [0.4, 0.5) is 5.82 Å². The van der Waals surface area contributed by atoms with E-state index in [1.165, 1.54) is 29.4 Å². The molecule has 0 unspecified atom stereocenters. The van der Waals surface area contributed by atoms with Crippen molar-refractivity contribution in [3.05, 3.63) is 57.2 Å². The number of hydrogen-bond donors (Lipinski definition) is 1. The van der Waals surface area contributed by atoms with Gasteiger partial charge in [0.05, 0.1) is 5.69 Å². The van der Waals surface area contributed by atoms with Gasteiger partial charge in [-0.15, -0.1) is 0 Å². The molecule has 1 aromatic carbocycles. The van der Waals surface area contributed by atoms with Gasteiger partial charge < -0.3 is 5.73 Å². The summed E-state index contributed by atoms with van der Waals surface area (Å²) in [4.78, 5) is 28.2. The van der Waals surface area contributed by atoms with E-state index in [2.05, 4.69) is 4.99 Å². The number of rotatable bonds is 2. The molecule has 7 heteroatoms. The van der Waals surface area contributed by atoms with E-state index in [1.807, 2.05) is 6.07 Å². The molecule has 2 rings (SSSR count). The quantitative estimate of drug-likeness (QED) is 0.656. The lowest BCUT2D eigenvalue weighted by Crippen LogP contribution is -2.36. The highest BCUT2D eigenvalue weighted by Crippen LogP contribution is 2.15. The van der Waals surface area contributed by atoms with Crippen LogP contribution < -0.4 is 17.0 Å². The van der Waals surface area contributed by atoms with Crippen LogP contribution in [0.2, 0.25) is 0 Å². The molecule has 0 aliphatic heterocycles. The second-order valence-corrected chi connectivity index (χ2v) is 4.83. The number of amidine groups is 1. The molecule has 20 heavy (non-hydrogen) atoms. The fourth-order valence-corrected chi connectivity index (χ4v) is 1.86. The van der Waals surface area contributed by atoms with Crippen molar-refractivity contribution in [3.8, 4) is 5.69 Å². The van der Waals surface area contributed by atoms with E-state index in [-0.39, 0.29) is 11.0 Å². The molecule has 0 fully saturated rings. The maximum atomic E-state index is 12.3. The second kappa shape index (κ2) is 5.79. The third-order valence-corrected chi connectivity index (χ3v) is 3.25. The van der Waals surface area contributed by atoms with Crippen LogP contribution in [0.3, 0.4) is 0 Å². The van der Waals surface area contributed by atoms with Gasteiger partial charge in [0.15, 0.2) is 5.17 Å². The molecule has 1 aromatic heterocycles. The molecule has 0 aliphatic rings. The van der Waals surface area contributed by atoms with Crippen molar-refractivity contribution in [1.29, 1.82) is 0 Å². The van der Waals surface area contributed by atoms with Gasteiger partial charge in [0.2, 0.25) is 0 Å². The first-order chi connectivity index (χ1) is 9.54. The molecule has 0 radical (unpaired) electrons. The molecule has 104 valence electrons. The maximum absolute atomic E-state index is 12.3. The van der Waals surface area contributed by atoms with Gasteiger partial charge in [-0.1, -0.05) is 30.0 Å². The highest BCUT2D eigenvalue weighted by Gasteiger charge is 2.10. The zero-order valence-corrected chi connectivity index (χ0v) is 11.9. The Morgan fingerprint density at radius 2 is 1.90 bits per heavy atom. The average Bonchev–Trinajstić information content (AvgIpc) is 2.46. The molecule has 0 amide bonds. The molecular formula is C13H14N4O2S. The lowest BCUT2D eigenvalue weighted by molar-refractivity contribution is 0.730. The predicted octanol–water partition coefficient (Wildman–Crippen LogP) is 0.845. The Hall–Kier alpha value is -2.28. The maximum Gasteiger partial charge on any atom is 0.337 e. The van der Waals surface area contributed by atoms with Crippen molar-refractivity contribution < 1.29 is 0 Å². The predicted molar refractivity (Wildman–Crippen MR) is 82.1 cm³/mol. The standard InChI is InChI=1S/C13H14N4O2S/c1-16-11(18)8-10(15-12(14)20-2)17(13(16)19)9-6-4-3-5-7-9/h3-8H,1-2H3,(H2,14,15). The van der Waals surface area contributed by atoms with Gasteiger partial charge in [-0.25, -0.2) is 14.4 Å². The van der Waals surface area contributed by atoms with Crippen LogP contribution >= 0.6 is 11.8 Å². The smallest absolute Gasteiger partial charge is 0.337 e. The number of aromatic nitrogens is 2. The van der Waals surface area contributed by atoms with Gasteiger partial charge in [0.25, 0.3) is 5.56 Å². The Morgan fingerprint density at radius 1 is 1.25 bits per heavy atom. The van der Waals surface area contributed by atoms with Gasteiger partial charge in [0.1, 0.15) is 5.82 Å². The third-order valence-electron chi connectivity index (χ3n) is 2.74. The van der Waals surface area contributed by atoms with Crippen LogP contribution in [0.25, 0.3) is 5.69 Å². The van der Waals surface area contributed by atoms with Crippen molar-refractivity contribution in [3.63, 3.8) is 0 Å². The van der Waals surface area contributed by atoms with Gasteiger partial charge in [0, 0.05) is 13.1 Å². The Labute approximate surface area is 119 Å². The molecule has 0 atom stereocenters. The zero-order chi connectivity index (χ0) is 14.7. The summed E-state index contributed by atoms with van der Waals surface area (Å²) in [6.45, 7) is 0. The average molecular weight is 290 g/mol. The van der Waals surface area contributed by atoms with Gasteiger partial charge in [-0.05, 0) is 18.4 Å². The first-order valence-corrected chi connectivity index (χ1v) is 7.03. The first kappa shape index (κ1) is 14.1. The summed E-state index contributed by atoms with van der Waals surface area (Å²) in [5.41, 5.74) is 5.42. The van der Waals surface area contributed by atoms with E-state index in [9.17, 15) is 9.59 Å². The normalized spacial score (nSPS) is 11.6. The Kier molecular flexibility index (Phi) is 4.09. The molecular weight excluding hydrogens is 276 g/mol. The van der Waals surface area contributed by atoms with E-state index >= 15 is 0 Å². The Balaban J connectivity index is 2.81. The van der Waals surface area contributed by atoms with Crippen LogP contribution in [0.15, 0.2) is 51.0 Å². The van der Waals surface area contributed by atoms with Crippen molar-refractivity contribution in [2.75, 3.05) is 6.26 Å². The second-order valence-electron chi connectivity index (χ2n) is 4.01. The number of aliphatic imine (C=N–C) groups is 1. The van der Waals surface area contributed by atoms with Crippen LogP contribution in [0.5, 0.6) is 0 Å². The minimum absolute atomic E-state index is 0.219. The van der Waals surface area contributed by atoms with E-state index < -0.39 is 11.2 Å². The molecule has 0 saturated heterocycles. The number of thioether (sulfide) groups is 1. The lowest BCUT2D eigenvalue weighted by atomic mass is 10.3. The molecule has 1 heterocycles. The molecule has 0 spiro atoms. The molecule has 0 saturated carbocycles. The zero-order valence-electron chi connectivity index (χ0n) is 11.1. The lowest BCUT2D eigenvalue weighted by Gasteiger charge is -2.11. The monoisotopic (exact) mass is 290 g/mol. The van der Waals surface area contributed by atoms with E-state index in [0.717, 1.165) is 4.57 Å². The van der Waals surface area contributed by atoms with Crippen molar-refractivity contribution in [1.82, 2.24) is 9.13 Å². The van der Waals surface area contributed by atoms with E-state index in [4.69, 9.17) is 5.73 Å².